The van der Waals surface area contributed by atoms with Gasteiger partial charge in [0.25, 0.3) is 5.91 Å². The smallest absolute Gasteiger partial charge is 0.268 e. The summed E-state index contributed by atoms with van der Waals surface area (Å²) in [7, 11) is 1.64. The van der Waals surface area contributed by atoms with Crippen LogP contribution in [0.15, 0.2) is 48.4 Å². The third-order valence-corrected chi connectivity index (χ3v) is 2.69. The van der Waals surface area contributed by atoms with Gasteiger partial charge in [0.1, 0.15) is 11.6 Å². The van der Waals surface area contributed by atoms with E-state index in [1.807, 2.05) is 6.07 Å². The molecular weight excluding hydrogens is 244 g/mol. The third-order valence-electron chi connectivity index (χ3n) is 2.69. The van der Waals surface area contributed by atoms with Gasteiger partial charge in [-0.25, -0.2) is 10.4 Å². The van der Waals surface area contributed by atoms with E-state index < -0.39 is 0 Å². The fourth-order valence-corrected chi connectivity index (χ4v) is 1.78. The van der Waals surface area contributed by atoms with Crippen LogP contribution in [0.4, 0.5) is 5.69 Å². The summed E-state index contributed by atoms with van der Waals surface area (Å²) in [6.45, 7) is 4.14. The number of hydrogen-bond donors (Lipinski definition) is 4. The number of anilines is 1. The van der Waals surface area contributed by atoms with Gasteiger partial charge in [0.15, 0.2) is 0 Å². The number of nitrogens with one attached hydrogen (secondary N) is 3. The second-order valence-corrected chi connectivity index (χ2v) is 4.01. The maximum atomic E-state index is 11.7. The monoisotopic (exact) mass is 260 g/mol. The molecule has 4 N–H and O–H groups in total. The van der Waals surface area contributed by atoms with Crippen LogP contribution in [0.3, 0.4) is 0 Å². The van der Waals surface area contributed by atoms with E-state index in [0.717, 1.165) is 0 Å². The van der Waals surface area contributed by atoms with Gasteiger partial charge in [-0.15, -0.1) is 0 Å². The molecule has 19 heavy (non-hydrogen) atoms. The molecule has 1 aliphatic rings. The summed E-state index contributed by atoms with van der Waals surface area (Å²) < 4.78 is 0. The number of aromatic hydroxyl groups is 1. The molecule has 1 heterocycles. The van der Waals surface area contributed by atoms with E-state index >= 15 is 0 Å². The van der Waals surface area contributed by atoms with E-state index in [9.17, 15) is 9.90 Å². The number of rotatable bonds is 4. The molecule has 1 amide bonds. The number of amides is 1. The van der Waals surface area contributed by atoms with Crippen molar-refractivity contribution >= 4 is 11.6 Å². The summed E-state index contributed by atoms with van der Waals surface area (Å²) in [5, 5.41) is 17.0. The first-order valence-electron chi connectivity index (χ1n) is 5.81. The molecule has 0 saturated carbocycles. The number of carbonyl (C=O) groups excluding carboxylic acids is 1. The Morgan fingerprint density at radius 3 is 2.79 bits per heavy atom. The van der Waals surface area contributed by atoms with Crippen molar-refractivity contribution in [3.63, 3.8) is 0 Å². The average molecular weight is 260 g/mol. The Morgan fingerprint density at radius 2 is 2.16 bits per heavy atom. The highest BCUT2D eigenvalue weighted by Crippen LogP contribution is 2.21. The molecule has 0 radical (unpaired) electrons. The van der Waals surface area contributed by atoms with Crippen LogP contribution in [0.25, 0.3) is 0 Å². The summed E-state index contributed by atoms with van der Waals surface area (Å²) in [5.41, 5.74) is 4.02. The Hall–Kier alpha value is -2.47. The lowest BCUT2D eigenvalue weighted by molar-refractivity contribution is -0.127. The summed E-state index contributed by atoms with van der Waals surface area (Å²) in [4.78, 5) is 11.7. The van der Waals surface area contributed by atoms with Crippen LogP contribution in [0, 0.1) is 0 Å². The summed E-state index contributed by atoms with van der Waals surface area (Å²) >= 11 is 0. The minimum Gasteiger partial charge on any atom is -0.506 e. The van der Waals surface area contributed by atoms with Gasteiger partial charge in [-0.3, -0.25) is 4.79 Å². The summed E-state index contributed by atoms with van der Waals surface area (Å²) in [5.74, 6) is 0.435. The Morgan fingerprint density at radius 1 is 1.42 bits per heavy atom. The van der Waals surface area contributed by atoms with Crippen molar-refractivity contribution in [1.82, 2.24) is 15.8 Å². The maximum Gasteiger partial charge on any atom is 0.268 e. The predicted octanol–water partition coefficient (Wildman–Crippen LogP) is 0.725. The first-order chi connectivity index (χ1) is 9.11. The van der Waals surface area contributed by atoms with Gasteiger partial charge in [0, 0.05) is 18.8 Å². The minimum atomic E-state index is -0.194. The predicted molar refractivity (Wildman–Crippen MR) is 72.9 cm³/mol. The zero-order chi connectivity index (χ0) is 13.8. The molecule has 0 atom stereocenters. The molecule has 0 bridgehead atoms. The lowest BCUT2D eigenvalue weighted by atomic mass is 10.2. The Labute approximate surface area is 111 Å². The van der Waals surface area contributed by atoms with Crippen molar-refractivity contribution in [2.75, 3.05) is 18.9 Å². The van der Waals surface area contributed by atoms with Crippen molar-refractivity contribution in [3.05, 3.63) is 48.4 Å². The van der Waals surface area contributed by atoms with Gasteiger partial charge in [0.05, 0.1) is 12.2 Å². The van der Waals surface area contributed by atoms with E-state index in [4.69, 9.17) is 0 Å². The Kier molecular flexibility index (Phi) is 3.72. The quantitative estimate of drug-likeness (QED) is 0.600. The largest absolute Gasteiger partial charge is 0.506 e. The van der Waals surface area contributed by atoms with Gasteiger partial charge in [-0.1, -0.05) is 18.7 Å². The number of nitrogens with zero attached hydrogens (tertiary/aromatic N) is 1. The fraction of sp³-hybridized carbons (Fsp3) is 0.154. The lowest BCUT2D eigenvalue weighted by Crippen LogP contribution is -2.47. The highest BCUT2D eigenvalue weighted by atomic mass is 16.3. The van der Waals surface area contributed by atoms with Crippen LogP contribution < -0.4 is 16.1 Å². The summed E-state index contributed by atoms with van der Waals surface area (Å²) in [6, 6.07) is 6.92. The van der Waals surface area contributed by atoms with Crippen LogP contribution in [0.1, 0.15) is 0 Å². The highest BCUT2D eigenvalue weighted by Gasteiger charge is 2.20. The molecule has 0 fully saturated rings. The minimum absolute atomic E-state index is 0.168. The molecule has 6 nitrogen and oxygen atoms in total. The van der Waals surface area contributed by atoms with Gasteiger partial charge in [0.2, 0.25) is 0 Å². The van der Waals surface area contributed by atoms with E-state index in [-0.39, 0.29) is 11.7 Å². The molecule has 0 spiro atoms. The van der Waals surface area contributed by atoms with E-state index in [1.54, 1.807) is 25.2 Å². The van der Waals surface area contributed by atoms with Crippen LogP contribution in [-0.4, -0.2) is 29.6 Å². The van der Waals surface area contributed by atoms with Crippen molar-refractivity contribution in [2.45, 2.75) is 0 Å². The van der Waals surface area contributed by atoms with E-state index in [2.05, 4.69) is 22.6 Å². The SMILES string of the molecule is C=C1NC(CNc2ccccc2O)=CC(=O)N1NC. The topological polar surface area (TPSA) is 76.6 Å². The lowest BCUT2D eigenvalue weighted by Gasteiger charge is -2.28. The number of hydrogen-bond acceptors (Lipinski definition) is 5. The second-order valence-electron chi connectivity index (χ2n) is 4.01. The number of phenolic OH excluding ortho intramolecular Hbond substituents is 1. The molecule has 0 unspecified atom stereocenters. The Balaban J connectivity index is 2.03. The van der Waals surface area contributed by atoms with Crippen molar-refractivity contribution in [3.8, 4) is 5.75 Å². The van der Waals surface area contributed by atoms with Crippen LogP contribution >= 0.6 is 0 Å². The fourth-order valence-electron chi connectivity index (χ4n) is 1.78. The van der Waals surface area contributed by atoms with E-state index in [0.29, 0.717) is 23.8 Å². The Bertz CT molecular complexity index is 539. The number of para-hydroxylation sites is 2. The normalized spacial score (nSPS) is 15.0. The van der Waals surface area contributed by atoms with E-state index in [1.165, 1.54) is 11.1 Å². The van der Waals surface area contributed by atoms with Gasteiger partial charge in [-0.05, 0) is 12.1 Å². The highest BCUT2D eigenvalue weighted by molar-refractivity contribution is 5.90. The molecule has 100 valence electrons. The zero-order valence-corrected chi connectivity index (χ0v) is 10.6. The number of carbonyl (C=O) groups is 1. The maximum absolute atomic E-state index is 11.7. The van der Waals surface area contributed by atoms with Crippen LogP contribution in [0.2, 0.25) is 0 Å². The van der Waals surface area contributed by atoms with Crippen molar-refractivity contribution < 1.29 is 9.90 Å². The average Bonchev–Trinajstić information content (AvgIpc) is 2.37. The van der Waals surface area contributed by atoms with Crippen molar-refractivity contribution in [1.29, 1.82) is 0 Å². The molecule has 6 heteroatoms. The standard InChI is InChI=1S/C13H16N4O2/c1-9-16-10(7-13(19)17(9)14-2)8-15-11-5-3-4-6-12(11)18/h3-7,14-16,18H,1,8H2,2H3. The number of hydrazine groups is 1. The second kappa shape index (κ2) is 5.45. The van der Waals surface area contributed by atoms with Crippen molar-refractivity contribution in [2.24, 2.45) is 0 Å². The molecule has 1 aromatic rings. The van der Waals surface area contributed by atoms with Crippen LogP contribution in [-0.2, 0) is 4.79 Å². The molecule has 1 aliphatic heterocycles. The third kappa shape index (κ3) is 2.86. The zero-order valence-electron chi connectivity index (χ0n) is 10.6. The van der Waals surface area contributed by atoms with Crippen LogP contribution in [0.5, 0.6) is 5.75 Å². The number of benzene rings is 1. The van der Waals surface area contributed by atoms with Gasteiger partial charge >= 0.3 is 0 Å². The summed E-state index contributed by atoms with van der Waals surface area (Å²) in [6.07, 6.45) is 1.47. The molecule has 0 aliphatic carbocycles. The molecule has 2 rings (SSSR count). The number of phenols is 1. The molecule has 1 aromatic carbocycles. The molecule has 0 saturated heterocycles. The van der Waals surface area contributed by atoms with Gasteiger partial charge < -0.3 is 15.7 Å². The molecule has 0 aromatic heterocycles. The molecular formula is C13H16N4O2. The van der Waals surface area contributed by atoms with Gasteiger partial charge in [-0.2, -0.15) is 0 Å². The first kappa shape index (κ1) is 13.0. The first-order valence-corrected chi connectivity index (χ1v) is 5.81.